The first-order chi connectivity index (χ1) is 27.6. The largest absolute Gasteiger partial charge is 0.480 e. The van der Waals surface area contributed by atoms with Gasteiger partial charge in [-0.15, -0.1) is 0 Å². The molecule has 0 radical (unpaired) electrons. The molecule has 0 aliphatic carbocycles. The van der Waals surface area contributed by atoms with Crippen molar-refractivity contribution in [2.24, 2.45) is 0 Å². The quantitative estimate of drug-likeness (QED) is 0.0559. The molecule has 5 aromatic rings. The fraction of sp³-hybridized carbons (Fsp3) is 0.340. The molecule has 0 aromatic heterocycles. The van der Waals surface area contributed by atoms with Gasteiger partial charge < -0.3 is 34.5 Å². The number of nitrogens with one attached hydrogen (secondary N) is 1. The summed E-state index contributed by atoms with van der Waals surface area (Å²) < 4.78 is 22.7. The number of carboxylic acid groups (broad SMARTS) is 1. The highest BCUT2D eigenvalue weighted by atomic mass is 35.5. The van der Waals surface area contributed by atoms with Crippen molar-refractivity contribution in [3.63, 3.8) is 0 Å². The van der Waals surface area contributed by atoms with Gasteiger partial charge >= 0.3 is 5.97 Å². The number of halogens is 2. The standard InChI is InChI=1S/C27H37Cl2NO5.C20H16O2/c1-27(2)34-18-21-16-20(10-11-26(21)35-27)25(31)17-30-12-5-3-4-6-13-32-14-15-33-19-22-23(28)8-7-9-24(22)29;21-19(22)20(16-10-4-1-5-11-16,17-12-6-2-7-13-17)18-14-8-3-9-15-18/h7-11,16,25,30-31H,3-6,12-15,17-19H2,1-2H3;1-15H,(H,21,22)/t25-;/m0./s1. The second kappa shape index (κ2) is 22.0. The third-order valence-corrected chi connectivity index (χ3v) is 10.5. The van der Waals surface area contributed by atoms with E-state index >= 15 is 0 Å². The molecule has 0 unspecified atom stereocenters. The first kappa shape index (κ1) is 43.9. The van der Waals surface area contributed by atoms with E-state index in [1.165, 1.54) is 0 Å². The van der Waals surface area contributed by atoms with E-state index in [1.54, 1.807) is 0 Å². The van der Waals surface area contributed by atoms with Crippen molar-refractivity contribution in [2.45, 2.75) is 70.1 Å². The fourth-order valence-corrected chi connectivity index (χ4v) is 7.23. The van der Waals surface area contributed by atoms with Crippen molar-refractivity contribution in [2.75, 3.05) is 32.9 Å². The van der Waals surface area contributed by atoms with E-state index in [0.717, 1.165) is 78.0 Å². The zero-order valence-corrected chi connectivity index (χ0v) is 34.2. The van der Waals surface area contributed by atoms with Crippen LogP contribution in [-0.2, 0) is 37.6 Å². The molecule has 0 saturated heterocycles. The second-order valence-corrected chi connectivity index (χ2v) is 15.1. The molecule has 6 rings (SSSR count). The van der Waals surface area contributed by atoms with Crippen LogP contribution >= 0.6 is 23.2 Å². The molecule has 3 N–H and O–H groups in total. The van der Waals surface area contributed by atoms with Gasteiger partial charge in [0, 0.05) is 48.2 Å². The Bertz CT molecular complexity index is 1840. The van der Waals surface area contributed by atoms with Gasteiger partial charge in [-0.25, -0.2) is 0 Å². The van der Waals surface area contributed by atoms with E-state index < -0.39 is 23.3 Å². The van der Waals surface area contributed by atoms with Gasteiger partial charge in [0.2, 0.25) is 5.79 Å². The van der Waals surface area contributed by atoms with Crippen molar-refractivity contribution in [1.29, 1.82) is 0 Å². The number of fused-ring (bicyclic) bond motifs is 1. The summed E-state index contributed by atoms with van der Waals surface area (Å²) >= 11 is 12.3. The van der Waals surface area contributed by atoms with Gasteiger partial charge in [-0.3, -0.25) is 4.79 Å². The lowest BCUT2D eigenvalue weighted by molar-refractivity contribution is -0.180. The van der Waals surface area contributed by atoms with Crippen LogP contribution in [0.25, 0.3) is 0 Å². The summed E-state index contributed by atoms with van der Waals surface area (Å²) in [6.45, 7) is 7.86. The Morgan fingerprint density at radius 1 is 0.754 bits per heavy atom. The van der Waals surface area contributed by atoms with Crippen molar-refractivity contribution >= 4 is 29.2 Å². The number of unbranched alkanes of at least 4 members (excludes halogenated alkanes) is 3. The maximum atomic E-state index is 12.4. The number of hydrogen-bond donors (Lipinski definition) is 3. The smallest absolute Gasteiger partial charge is 0.323 e. The Hall–Kier alpha value is -4.25. The van der Waals surface area contributed by atoms with Crippen LogP contribution in [0, 0.1) is 0 Å². The summed E-state index contributed by atoms with van der Waals surface area (Å²) in [5, 5.41) is 25.3. The van der Waals surface area contributed by atoms with Crippen LogP contribution in [0.15, 0.2) is 127 Å². The summed E-state index contributed by atoms with van der Waals surface area (Å²) in [5.41, 5.74) is 3.70. The van der Waals surface area contributed by atoms with E-state index in [0.29, 0.717) is 43.0 Å². The summed E-state index contributed by atoms with van der Waals surface area (Å²) in [6, 6.07) is 39.4. The van der Waals surface area contributed by atoms with Gasteiger partial charge in [-0.1, -0.05) is 139 Å². The van der Waals surface area contributed by atoms with E-state index in [4.69, 9.17) is 42.1 Å². The Morgan fingerprint density at radius 2 is 1.32 bits per heavy atom. The monoisotopic (exact) mass is 813 g/mol. The Balaban J connectivity index is 0.000000241. The zero-order valence-electron chi connectivity index (χ0n) is 32.7. The number of ether oxygens (including phenoxy) is 4. The lowest BCUT2D eigenvalue weighted by Gasteiger charge is -2.33. The number of aliphatic carboxylic acids is 1. The molecular formula is C47H53Cl2NO7. The van der Waals surface area contributed by atoms with Crippen molar-refractivity contribution in [3.8, 4) is 5.75 Å². The summed E-state index contributed by atoms with van der Waals surface area (Å²) in [6.07, 6.45) is 3.77. The molecule has 1 aliphatic rings. The SMILES string of the molecule is CC1(C)OCc2cc([C@@H](O)CNCCCCCCOCCOCc3c(Cl)cccc3Cl)ccc2O1.O=C(O)C(c1ccccc1)(c1ccccc1)c1ccccc1. The van der Waals surface area contributed by atoms with Gasteiger partial charge in [0.25, 0.3) is 0 Å². The minimum atomic E-state index is -1.20. The maximum Gasteiger partial charge on any atom is 0.323 e. The predicted octanol–water partition coefficient (Wildman–Crippen LogP) is 10.2. The first-order valence-corrected chi connectivity index (χ1v) is 20.2. The molecular weight excluding hydrogens is 761 g/mol. The predicted molar refractivity (Wildman–Crippen MR) is 226 cm³/mol. The fourth-order valence-electron chi connectivity index (χ4n) is 6.73. The van der Waals surface area contributed by atoms with Crippen molar-refractivity contribution in [1.82, 2.24) is 5.32 Å². The highest BCUT2D eigenvalue weighted by Gasteiger charge is 2.43. The third kappa shape index (κ3) is 12.4. The van der Waals surface area contributed by atoms with E-state index in [-0.39, 0.29) is 0 Å². The number of carboxylic acids is 1. The Labute approximate surface area is 346 Å². The summed E-state index contributed by atoms with van der Waals surface area (Å²) in [5.74, 6) is -0.665. The van der Waals surface area contributed by atoms with Gasteiger partial charge in [-0.05, 0) is 65.9 Å². The summed E-state index contributed by atoms with van der Waals surface area (Å²) in [7, 11) is 0. The van der Waals surface area contributed by atoms with E-state index in [2.05, 4.69) is 5.32 Å². The van der Waals surface area contributed by atoms with Gasteiger partial charge in [-0.2, -0.15) is 0 Å². The van der Waals surface area contributed by atoms with Crippen LogP contribution in [0.1, 0.15) is 79.0 Å². The average molecular weight is 815 g/mol. The molecule has 0 saturated carbocycles. The first-order valence-electron chi connectivity index (χ1n) is 19.4. The van der Waals surface area contributed by atoms with E-state index in [1.807, 2.05) is 141 Å². The summed E-state index contributed by atoms with van der Waals surface area (Å²) in [4.78, 5) is 12.4. The molecule has 8 nitrogen and oxygen atoms in total. The zero-order chi connectivity index (χ0) is 40.5. The van der Waals surface area contributed by atoms with Crippen LogP contribution in [0.3, 0.4) is 0 Å². The number of aliphatic hydroxyl groups excluding tert-OH is 1. The van der Waals surface area contributed by atoms with Crippen LogP contribution in [0.5, 0.6) is 5.75 Å². The Morgan fingerprint density at radius 3 is 1.89 bits per heavy atom. The maximum absolute atomic E-state index is 12.4. The van der Waals surface area contributed by atoms with Crippen LogP contribution in [-0.4, -0.2) is 54.9 Å². The van der Waals surface area contributed by atoms with Crippen molar-refractivity contribution in [3.05, 3.63) is 171 Å². The number of rotatable bonds is 19. The molecule has 302 valence electrons. The minimum Gasteiger partial charge on any atom is -0.480 e. The van der Waals surface area contributed by atoms with Crippen molar-refractivity contribution < 1.29 is 34.0 Å². The van der Waals surface area contributed by atoms with Crippen LogP contribution < -0.4 is 10.1 Å². The third-order valence-electron chi connectivity index (χ3n) is 9.75. The number of hydrogen-bond acceptors (Lipinski definition) is 7. The lowest BCUT2D eigenvalue weighted by Crippen LogP contribution is -2.38. The molecule has 1 heterocycles. The molecule has 10 heteroatoms. The van der Waals surface area contributed by atoms with E-state index in [9.17, 15) is 15.0 Å². The number of carbonyl (C=O) groups is 1. The second-order valence-electron chi connectivity index (χ2n) is 14.3. The normalized spacial score (nSPS) is 13.8. The molecule has 0 amide bonds. The van der Waals surface area contributed by atoms with Crippen LogP contribution in [0.2, 0.25) is 10.0 Å². The Kier molecular flexibility index (Phi) is 17.0. The molecule has 1 aliphatic heterocycles. The molecule has 0 fully saturated rings. The number of aliphatic hydroxyl groups is 1. The molecule has 1 atom stereocenters. The minimum absolute atomic E-state index is 0.386. The molecule has 5 aromatic carbocycles. The average Bonchev–Trinajstić information content (AvgIpc) is 3.21. The van der Waals surface area contributed by atoms with Crippen LogP contribution in [0.4, 0.5) is 0 Å². The van der Waals surface area contributed by atoms with Gasteiger partial charge in [0.1, 0.15) is 11.2 Å². The molecule has 0 bridgehead atoms. The van der Waals surface area contributed by atoms with Gasteiger partial charge in [0.15, 0.2) is 0 Å². The molecule has 57 heavy (non-hydrogen) atoms. The van der Waals surface area contributed by atoms with Gasteiger partial charge in [0.05, 0.1) is 32.5 Å². The number of benzene rings is 5. The molecule has 0 spiro atoms. The highest BCUT2D eigenvalue weighted by Crippen LogP contribution is 2.39. The highest BCUT2D eigenvalue weighted by molar-refractivity contribution is 6.35. The topological polar surface area (TPSA) is 106 Å². The lowest BCUT2D eigenvalue weighted by atomic mass is 9.69.